The van der Waals surface area contributed by atoms with E-state index in [9.17, 15) is 4.79 Å². The van der Waals surface area contributed by atoms with Gasteiger partial charge in [-0.2, -0.15) is 5.10 Å². The number of para-hydroxylation sites is 2. The van der Waals surface area contributed by atoms with Crippen molar-refractivity contribution in [3.63, 3.8) is 0 Å². The minimum Gasteiger partial charge on any atom is -0.488 e. The number of fused-ring (bicyclic) bond motifs is 1. The van der Waals surface area contributed by atoms with E-state index in [1.165, 1.54) is 0 Å². The summed E-state index contributed by atoms with van der Waals surface area (Å²) in [4.78, 5) is 12.6. The van der Waals surface area contributed by atoms with Crippen molar-refractivity contribution in [3.05, 3.63) is 88.8 Å². The second-order valence-corrected chi connectivity index (χ2v) is 6.70. The lowest BCUT2D eigenvalue weighted by molar-refractivity contribution is 0.0954. The number of aryl methyl sites for hydroxylation is 1. The Bertz CT molecular complexity index is 1080. The summed E-state index contributed by atoms with van der Waals surface area (Å²) in [6.45, 7) is 4.35. The van der Waals surface area contributed by atoms with Crippen molar-refractivity contribution in [3.8, 4) is 11.4 Å². The third kappa shape index (κ3) is 3.47. The van der Waals surface area contributed by atoms with Crippen LogP contribution in [0.25, 0.3) is 11.8 Å². The van der Waals surface area contributed by atoms with E-state index >= 15 is 0 Å². The first kappa shape index (κ1) is 17.8. The van der Waals surface area contributed by atoms with Crippen LogP contribution in [0.4, 0.5) is 0 Å². The molecule has 1 aliphatic heterocycles. The molecule has 140 valence electrons. The number of ether oxygens (including phenoxy) is 1. The molecule has 0 bridgehead atoms. The van der Waals surface area contributed by atoms with Crippen molar-refractivity contribution in [2.75, 3.05) is 6.61 Å². The van der Waals surface area contributed by atoms with Crippen LogP contribution in [-0.4, -0.2) is 23.3 Å². The fraction of sp³-hybridized carbons (Fsp3) is 0.130. The molecule has 3 aromatic rings. The van der Waals surface area contributed by atoms with Gasteiger partial charge in [0, 0.05) is 28.2 Å². The maximum atomic E-state index is 12.6. The first-order valence-corrected chi connectivity index (χ1v) is 9.13. The number of nitrogens with zero attached hydrogens (tertiary/aromatic N) is 2. The van der Waals surface area contributed by atoms with E-state index < -0.39 is 0 Å². The molecule has 0 saturated heterocycles. The van der Waals surface area contributed by atoms with Crippen molar-refractivity contribution in [2.24, 2.45) is 5.10 Å². The smallest absolute Gasteiger partial charge is 0.273 e. The molecule has 4 rings (SSSR count). The highest BCUT2D eigenvalue weighted by molar-refractivity contribution is 5.97. The molecule has 2 heterocycles. The number of hydrazone groups is 1. The predicted molar refractivity (Wildman–Crippen MR) is 111 cm³/mol. The number of carbonyl (C=O) groups is 1. The number of carbonyl (C=O) groups excluding carboxylic acids is 1. The van der Waals surface area contributed by atoms with Gasteiger partial charge >= 0.3 is 0 Å². The molecule has 0 saturated carbocycles. The lowest BCUT2D eigenvalue weighted by Gasteiger charge is -2.15. The third-order valence-electron chi connectivity index (χ3n) is 4.74. The van der Waals surface area contributed by atoms with Gasteiger partial charge in [0.2, 0.25) is 0 Å². The molecule has 1 aromatic heterocycles. The Balaban J connectivity index is 1.49. The second kappa shape index (κ2) is 7.56. The van der Waals surface area contributed by atoms with Gasteiger partial charge in [0.25, 0.3) is 5.91 Å². The maximum Gasteiger partial charge on any atom is 0.273 e. The normalized spacial score (nSPS) is 13.0. The zero-order valence-corrected chi connectivity index (χ0v) is 15.8. The Kier molecular flexibility index (Phi) is 4.81. The minimum absolute atomic E-state index is 0.232. The summed E-state index contributed by atoms with van der Waals surface area (Å²) in [5.74, 6) is 0.626. The Hall–Kier alpha value is -3.60. The molecule has 0 spiro atoms. The van der Waals surface area contributed by atoms with Crippen LogP contribution in [0.1, 0.15) is 27.3 Å². The quantitative estimate of drug-likeness (QED) is 0.550. The molecule has 5 heteroatoms. The van der Waals surface area contributed by atoms with Crippen LogP contribution in [0, 0.1) is 13.8 Å². The van der Waals surface area contributed by atoms with Crippen LogP contribution in [0.3, 0.4) is 0 Å². The molecule has 0 atom stereocenters. The van der Waals surface area contributed by atoms with E-state index in [-0.39, 0.29) is 5.91 Å². The van der Waals surface area contributed by atoms with Gasteiger partial charge in [0.05, 0.1) is 11.8 Å². The molecule has 28 heavy (non-hydrogen) atoms. The number of rotatable bonds is 4. The summed E-state index contributed by atoms with van der Waals surface area (Å²) in [7, 11) is 0. The molecule has 0 aliphatic carbocycles. The number of amides is 1. The first-order valence-electron chi connectivity index (χ1n) is 9.13. The van der Waals surface area contributed by atoms with Gasteiger partial charge in [-0.05, 0) is 44.2 Å². The maximum absolute atomic E-state index is 12.6. The number of hydrogen-bond donors (Lipinski definition) is 1. The lowest BCUT2D eigenvalue weighted by atomic mass is 10.1. The van der Waals surface area contributed by atoms with Crippen molar-refractivity contribution < 1.29 is 9.53 Å². The second-order valence-electron chi connectivity index (χ2n) is 6.70. The summed E-state index contributed by atoms with van der Waals surface area (Å²) in [5.41, 5.74) is 8.05. The Labute approximate surface area is 164 Å². The van der Waals surface area contributed by atoms with Crippen LogP contribution < -0.4 is 10.2 Å². The molecule has 0 unspecified atom stereocenters. The average molecular weight is 371 g/mol. The molecule has 1 aliphatic rings. The van der Waals surface area contributed by atoms with Crippen LogP contribution in [0.15, 0.2) is 71.3 Å². The van der Waals surface area contributed by atoms with Crippen LogP contribution in [0.2, 0.25) is 0 Å². The topological polar surface area (TPSA) is 55.6 Å². The molecule has 5 nitrogen and oxygen atoms in total. The van der Waals surface area contributed by atoms with E-state index in [2.05, 4.69) is 15.1 Å². The van der Waals surface area contributed by atoms with Gasteiger partial charge in [-0.25, -0.2) is 5.43 Å². The number of hydrogen-bond acceptors (Lipinski definition) is 3. The van der Waals surface area contributed by atoms with E-state index in [4.69, 9.17) is 4.74 Å². The van der Waals surface area contributed by atoms with E-state index in [0.717, 1.165) is 34.0 Å². The fourth-order valence-electron chi connectivity index (χ4n) is 3.41. The third-order valence-corrected chi connectivity index (χ3v) is 4.74. The molecule has 2 aromatic carbocycles. The largest absolute Gasteiger partial charge is 0.488 e. The Morgan fingerprint density at radius 3 is 2.68 bits per heavy atom. The standard InChI is InChI=1S/C23H21N3O2/c1-16-12-21(17(2)26(16)20-9-4-3-5-10-20)23(27)25-24-14-18-13-19-8-6-7-11-22(19)28-15-18/h3-14H,15H2,1-2H3,(H,25,27)/b24-14+. The number of aromatic nitrogens is 1. The SMILES string of the molecule is Cc1cc(C(=O)N/N=C/C2=Cc3ccccc3OC2)c(C)n1-c1ccccc1. The van der Waals surface area contributed by atoms with Crippen LogP contribution >= 0.6 is 0 Å². The van der Waals surface area contributed by atoms with Gasteiger partial charge in [0.1, 0.15) is 12.4 Å². The summed E-state index contributed by atoms with van der Waals surface area (Å²) in [6, 6.07) is 19.7. The highest BCUT2D eigenvalue weighted by Gasteiger charge is 2.16. The highest BCUT2D eigenvalue weighted by atomic mass is 16.5. The Morgan fingerprint density at radius 2 is 1.86 bits per heavy atom. The van der Waals surface area contributed by atoms with Gasteiger partial charge in [0.15, 0.2) is 0 Å². The predicted octanol–water partition coefficient (Wildman–Crippen LogP) is 4.29. The van der Waals surface area contributed by atoms with Crippen LogP contribution in [0.5, 0.6) is 5.75 Å². The van der Waals surface area contributed by atoms with E-state index in [1.54, 1.807) is 6.21 Å². The zero-order chi connectivity index (χ0) is 19.5. The highest BCUT2D eigenvalue weighted by Crippen LogP contribution is 2.25. The Morgan fingerprint density at radius 1 is 1.11 bits per heavy atom. The summed E-state index contributed by atoms with van der Waals surface area (Å²) in [6.07, 6.45) is 3.64. The van der Waals surface area contributed by atoms with Crippen molar-refractivity contribution in [2.45, 2.75) is 13.8 Å². The molecular formula is C23H21N3O2. The van der Waals surface area contributed by atoms with Gasteiger partial charge in [-0.15, -0.1) is 0 Å². The summed E-state index contributed by atoms with van der Waals surface area (Å²) in [5, 5.41) is 4.11. The molecule has 0 fully saturated rings. The zero-order valence-electron chi connectivity index (χ0n) is 15.8. The summed E-state index contributed by atoms with van der Waals surface area (Å²) < 4.78 is 7.75. The van der Waals surface area contributed by atoms with Gasteiger partial charge < -0.3 is 9.30 Å². The van der Waals surface area contributed by atoms with E-state index in [0.29, 0.717) is 12.2 Å². The van der Waals surface area contributed by atoms with Crippen molar-refractivity contribution >= 4 is 18.2 Å². The van der Waals surface area contributed by atoms with Gasteiger partial charge in [-0.1, -0.05) is 36.4 Å². The summed E-state index contributed by atoms with van der Waals surface area (Å²) >= 11 is 0. The molecular weight excluding hydrogens is 350 g/mol. The van der Waals surface area contributed by atoms with Gasteiger partial charge in [-0.3, -0.25) is 4.79 Å². The van der Waals surface area contributed by atoms with Crippen molar-refractivity contribution in [1.82, 2.24) is 9.99 Å². The minimum atomic E-state index is -0.232. The fourth-order valence-corrected chi connectivity index (χ4v) is 3.41. The van der Waals surface area contributed by atoms with E-state index in [1.807, 2.05) is 80.6 Å². The lowest BCUT2D eigenvalue weighted by Crippen LogP contribution is -2.19. The van der Waals surface area contributed by atoms with Crippen LogP contribution in [-0.2, 0) is 0 Å². The number of benzene rings is 2. The molecule has 0 radical (unpaired) electrons. The average Bonchev–Trinajstić information content (AvgIpc) is 3.02. The molecule has 1 N–H and O–H groups in total. The number of nitrogens with one attached hydrogen (secondary N) is 1. The monoisotopic (exact) mass is 371 g/mol. The molecule has 1 amide bonds. The first-order chi connectivity index (χ1) is 13.6. The van der Waals surface area contributed by atoms with Crippen molar-refractivity contribution in [1.29, 1.82) is 0 Å².